The van der Waals surface area contributed by atoms with E-state index in [1.54, 1.807) is 0 Å². The first kappa shape index (κ1) is 14.8. The van der Waals surface area contributed by atoms with E-state index in [1.165, 1.54) is 15.3 Å². The molecule has 1 aromatic carbocycles. The Balaban J connectivity index is 1.63. The summed E-state index contributed by atoms with van der Waals surface area (Å²) in [5.41, 5.74) is 4.29. The fourth-order valence-electron chi connectivity index (χ4n) is 3.35. The Morgan fingerprint density at radius 3 is 2.57 bits per heavy atom. The van der Waals surface area contributed by atoms with E-state index in [-0.39, 0.29) is 0 Å². The number of thiophene rings is 1. The molecule has 1 fully saturated rings. The lowest BCUT2D eigenvalue weighted by Crippen LogP contribution is -2.36. The molecule has 1 saturated carbocycles. The lowest BCUT2D eigenvalue weighted by atomic mass is 10.0. The third kappa shape index (κ3) is 2.65. The molecule has 0 atom stereocenters. The maximum absolute atomic E-state index is 12.3. The molecule has 1 amide bonds. The van der Waals surface area contributed by atoms with Crippen LogP contribution in [0.5, 0.6) is 5.75 Å². The van der Waals surface area contributed by atoms with Crippen molar-refractivity contribution in [3.05, 3.63) is 39.8 Å². The van der Waals surface area contributed by atoms with Crippen LogP contribution >= 0.6 is 11.3 Å². The van der Waals surface area contributed by atoms with Gasteiger partial charge in [0.15, 0.2) is 0 Å². The van der Waals surface area contributed by atoms with Gasteiger partial charge in [-0.05, 0) is 73.6 Å². The van der Waals surface area contributed by atoms with E-state index in [0.717, 1.165) is 49.0 Å². The standard InChI is InChI=1S/C19H21NO2S/c1-11-7-14(8-12(2)18(11)21)17-9-15-10-20(6-5-16(15)23-17)19(22)13-3-4-13/h7-9,13,21H,3-6,10H2,1-2H3. The van der Waals surface area contributed by atoms with Gasteiger partial charge in [-0.2, -0.15) is 0 Å². The number of carbonyl (C=O) groups is 1. The van der Waals surface area contributed by atoms with Crippen molar-refractivity contribution in [2.45, 2.75) is 39.7 Å². The molecule has 2 aromatic rings. The van der Waals surface area contributed by atoms with Gasteiger partial charge in [-0.25, -0.2) is 0 Å². The number of nitrogens with zero attached hydrogens (tertiary/aromatic N) is 1. The van der Waals surface area contributed by atoms with Crippen LogP contribution in [0.3, 0.4) is 0 Å². The highest BCUT2D eigenvalue weighted by molar-refractivity contribution is 7.15. The van der Waals surface area contributed by atoms with Crippen LogP contribution in [0, 0.1) is 19.8 Å². The van der Waals surface area contributed by atoms with Crippen molar-refractivity contribution in [2.24, 2.45) is 5.92 Å². The van der Waals surface area contributed by atoms with Crippen LogP contribution in [-0.2, 0) is 17.8 Å². The van der Waals surface area contributed by atoms with Crippen LogP contribution in [0.2, 0.25) is 0 Å². The minimum absolute atomic E-state index is 0.303. The first-order valence-corrected chi connectivity index (χ1v) is 9.05. The Morgan fingerprint density at radius 2 is 1.91 bits per heavy atom. The summed E-state index contributed by atoms with van der Waals surface area (Å²) in [6.07, 6.45) is 3.11. The number of rotatable bonds is 2. The van der Waals surface area contributed by atoms with Crippen LogP contribution < -0.4 is 0 Å². The van der Waals surface area contributed by atoms with Crippen molar-refractivity contribution in [1.29, 1.82) is 0 Å². The minimum atomic E-state index is 0.303. The van der Waals surface area contributed by atoms with Crippen molar-refractivity contribution < 1.29 is 9.90 Å². The number of hydrogen-bond donors (Lipinski definition) is 1. The molecule has 1 aliphatic heterocycles. The van der Waals surface area contributed by atoms with E-state index in [1.807, 2.05) is 42.2 Å². The third-order valence-corrected chi connectivity index (χ3v) is 6.17. The number of aryl methyl sites for hydroxylation is 2. The number of amides is 1. The number of benzene rings is 1. The van der Waals surface area contributed by atoms with E-state index < -0.39 is 0 Å². The van der Waals surface area contributed by atoms with Gasteiger partial charge in [0.1, 0.15) is 5.75 Å². The number of phenolic OH excluding ortho intramolecular Hbond substituents is 1. The molecule has 2 aliphatic rings. The molecule has 0 unspecified atom stereocenters. The second kappa shape index (κ2) is 5.38. The summed E-state index contributed by atoms with van der Waals surface area (Å²) < 4.78 is 0. The number of aromatic hydroxyl groups is 1. The van der Waals surface area contributed by atoms with Crippen LogP contribution in [0.15, 0.2) is 18.2 Å². The maximum Gasteiger partial charge on any atom is 0.225 e. The largest absolute Gasteiger partial charge is 0.507 e. The predicted octanol–water partition coefficient (Wildman–Crippen LogP) is 4.03. The molecule has 4 rings (SSSR count). The van der Waals surface area contributed by atoms with Crippen molar-refractivity contribution in [2.75, 3.05) is 6.54 Å². The first-order chi connectivity index (χ1) is 11.0. The number of carbonyl (C=O) groups excluding carboxylic acids is 1. The molecule has 0 saturated heterocycles. The number of phenols is 1. The minimum Gasteiger partial charge on any atom is -0.507 e. The zero-order valence-corrected chi connectivity index (χ0v) is 14.4. The van der Waals surface area contributed by atoms with E-state index in [2.05, 4.69) is 6.07 Å². The Hall–Kier alpha value is -1.81. The predicted molar refractivity (Wildman–Crippen MR) is 92.7 cm³/mol. The summed E-state index contributed by atoms with van der Waals surface area (Å²) in [6.45, 7) is 5.50. The second-order valence-electron chi connectivity index (χ2n) is 6.80. The van der Waals surface area contributed by atoms with E-state index >= 15 is 0 Å². The number of fused-ring (bicyclic) bond motifs is 1. The van der Waals surface area contributed by atoms with Gasteiger partial charge in [0.2, 0.25) is 5.91 Å². The van der Waals surface area contributed by atoms with Crippen LogP contribution in [0.25, 0.3) is 10.4 Å². The maximum atomic E-state index is 12.3. The average Bonchev–Trinajstić information content (AvgIpc) is 3.29. The molecule has 0 spiro atoms. The highest BCUT2D eigenvalue weighted by Gasteiger charge is 2.35. The van der Waals surface area contributed by atoms with E-state index in [0.29, 0.717) is 17.6 Å². The fourth-order valence-corrected chi connectivity index (χ4v) is 4.50. The summed E-state index contributed by atoms with van der Waals surface area (Å²) in [5.74, 6) is 1.04. The molecular formula is C19H21NO2S. The monoisotopic (exact) mass is 327 g/mol. The molecule has 120 valence electrons. The van der Waals surface area contributed by atoms with Gasteiger partial charge in [-0.1, -0.05) is 0 Å². The van der Waals surface area contributed by atoms with Crippen molar-refractivity contribution in [3.63, 3.8) is 0 Å². The van der Waals surface area contributed by atoms with Crippen molar-refractivity contribution in [3.8, 4) is 16.2 Å². The summed E-state index contributed by atoms with van der Waals surface area (Å²) in [5, 5.41) is 9.95. The Morgan fingerprint density at radius 1 is 1.22 bits per heavy atom. The molecule has 3 nitrogen and oxygen atoms in total. The average molecular weight is 327 g/mol. The van der Waals surface area contributed by atoms with Crippen LogP contribution in [-0.4, -0.2) is 22.5 Å². The molecule has 1 aliphatic carbocycles. The second-order valence-corrected chi connectivity index (χ2v) is 7.94. The van der Waals surface area contributed by atoms with Crippen LogP contribution in [0.1, 0.15) is 34.4 Å². The molecule has 0 bridgehead atoms. The van der Waals surface area contributed by atoms with Crippen LogP contribution in [0.4, 0.5) is 0 Å². The third-order valence-electron chi connectivity index (χ3n) is 4.88. The van der Waals surface area contributed by atoms with Crippen molar-refractivity contribution >= 4 is 17.2 Å². The Bertz CT molecular complexity index is 766. The molecule has 1 aromatic heterocycles. The van der Waals surface area contributed by atoms with Gasteiger partial charge in [0.25, 0.3) is 0 Å². The lowest BCUT2D eigenvalue weighted by Gasteiger charge is -2.27. The quantitative estimate of drug-likeness (QED) is 0.904. The molecular weight excluding hydrogens is 306 g/mol. The summed E-state index contributed by atoms with van der Waals surface area (Å²) in [4.78, 5) is 17.0. The topological polar surface area (TPSA) is 40.5 Å². The number of hydrogen-bond acceptors (Lipinski definition) is 3. The fraction of sp³-hybridized carbons (Fsp3) is 0.421. The van der Waals surface area contributed by atoms with Gasteiger partial charge in [-0.15, -0.1) is 11.3 Å². The molecule has 23 heavy (non-hydrogen) atoms. The Labute approximate surface area is 140 Å². The Kier molecular flexibility index (Phi) is 3.45. The van der Waals surface area contributed by atoms with Gasteiger partial charge < -0.3 is 10.0 Å². The smallest absolute Gasteiger partial charge is 0.225 e. The highest BCUT2D eigenvalue weighted by atomic mass is 32.1. The molecule has 2 heterocycles. The summed E-state index contributed by atoms with van der Waals surface area (Å²) >= 11 is 1.83. The molecule has 4 heteroatoms. The first-order valence-electron chi connectivity index (χ1n) is 8.24. The normalized spacial score (nSPS) is 17.2. The van der Waals surface area contributed by atoms with Crippen molar-refractivity contribution in [1.82, 2.24) is 4.90 Å². The zero-order chi connectivity index (χ0) is 16.1. The SMILES string of the molecule is Cc1cc(-c2cc3c(s2)CCN(C(=O)C2CC2)C3)cc(C)c1O. The summed E-state index contributed by atoms with van der Waals surface area (Å²) in [6, 6.07) is 6.33. The van der Waals surface area contributed by atoms with E-state index in [4.69, 9.17) is 0 Å². The molecule has 1 N–H and O–H groups in total. The summed E-state index contributed by atoms with van der Waals surface area (Å²) in [7, 11) is 0. The highest BCUT2D eigenvalue weighted by Crippen LogP contribution is 2.38. The lowest BCUT2D eigenvalue weighted by molar-refractivity contribution is -0.133. The van der Waals surface area contributed by atoms with Gasteiger partial charge in [-0.3, -0.25) is 4.79 Å². The zero-order valence-electron chi connectivity index (χ0n) is 13.6. The molecule has 0 radical (unpaired) electrons. The van der Waals surface area contributed by atoms with Gasteiger partial charge in [0, 0.05) is 28.8 Å². The van der Waals surface area contributed by atoms with Gasteiger partial charge in [0.05, 0.1) is 0 Å². The van der Waals surface area contributed by atoms with Gasteiger partial charge >= 0.3 is 0 Å². The van der Waals surface area contributed by atoms with E-state index in [9.17, 15) is 9.90 Å².